The number of nitrogens with two attached hydrogens (primary N) is 1. The lowest BCUT2D eigenvalue weighted by atomic mass is 10.0. The van der Waals surface area contributed by atoms with Crippen molar-refractivity contribution < 1.29 is 4.74 Å². The van der Waals surface area contributed by atoms with E-state index in [0.29, 0.717) is 0 Å². The molecule has 0 aliphatic heterocycles. The first kappa shape index (κ1) is 12.9. The zero-order chi connectivity index (χ0) is 11.1. The predicted molar refractivity (Wildman–Crippen MR) is 70.3 cm³/mol. The third-order valence-electron chi connectivity index (χ3n) is 2.31. The van der Waals surface area contributed by atoms with Crippen molar-refractivity contribution in [1.82, 2.24) is 5.43 Å². The molecule has 4 heteroatoms. The van der Waals surface area contributed by atoms with Crippen LogP contribution in [0.4, 0.5) is 0 Å². The van der Waals surface area contributed by atoms with Gasteiger partial charge in [-0.25, -0.2) is 0 Å². The zero-order valence-electron chi connectivity index (χ0n) is 8.87. The van der Waals surface area contributed by atoms with Gasteiger partial charge in [0.2, 0.25) is 0 Å². The summed E-state index contributed by atoms with van der Waals surface area (Å²) in [5.41, 5.74) is 4.07. The van der Waals surface area contributed by atoms with Gasteiger partial charge in [-0.2, -0.15) is 0 Å². The van der Waals surface area contributed by atoms with E-state index in [1.54, 1.807) is 7.11 Å². The fourth-order valence-corrected chi connectivity index (χ4v) is 1.83. The summed E-state index contributed by atoms with van der Waals surface area (Å²) in [6, 6.07) is 8.63. The van der Waals surface area contributed by atoms with Crippen molar-refractivity contribution in [3.63, 3.8) is 0 Å². The summed E-state index contributed by atoms with van der Waals surface area (Å²) in [6.07, 6.45) is 2.00. The maximum absolute atomic E-state index is 5.53. The second kappa shape index (κ2) is 7.16. The Bertz CT molecular complexity index is 276. The maximum atomic E-state index is 5.53. The van der Waals surface area contributed by atoms with Gasteiger partial charge in [0.15, 0.2) is 0 Å². The van der Waals surface area contributed by atoms with E-state index in [-0.39, 0.29) is 6.04 Å². The molecule has 0 saturated carbocycles. The second-order valence-corrected chi connectivity index (χ2v) is 4.65. The molecule has 1 aromatic carbocycles. The van der Waals surface area contributed by atoms with Crippen LogP contribution in [0, 0.1) is 3.57 Å². The van der Waals surface area contributed by atoms with Crippen LogP contribution in [-0.4, -0.2) is 13.7 Å². The summed E-state index contributed by atoms with van der Waals surface area (Å²) in [4.78, 5) is 0. The number of nitrogens with one attached hydrogen (secondary N) is 1. The molecular formula is C11H17IN2O. The monoisotopic (exact) mass is 320 g/mol. The Hall–Kier alpha value is -0.170. The molecule has 0 aromatic heterocycles. The number of benzene rings is 1. The van der Waals surface area contributed by atoms with Gasteiger partial charge in [0.1, 0.15) is 0 Å². The lowest BCUT2D eigenvalue weighted by Gasteiger charge is -2.16. The minimum atomic E-state index is 0.220. The molecule has 0 saturated heterocycles. The first-order chi connectivity index (χ1) is 7.27. The molecule has 0 heterocycles. The van der Waals surface area contributed by atoms with Gasteiger partial charge in [0.25, 0.3) is 0 Å². The van der Waals surface area contributed by atoms with Crippen LogP contribution in [0.3, 0.4) is 0 Å². The van der Waals surface area contributed by atoms with Crippen molar-refractivity contribution in [3.8, 4) is 0 Å². The Morgan fingerprint density at radius 2 is 2.07 bits per heavy atom. The van der Waals surface area contributed by atoms with Gasteiger partial charge in [-0.15, -0.1) is 0 Å². The minimum Gasteiger partial charge on any atom is -0.385 e. The molecule has 15 heavy (non-hydrogen) atoms. The molecule has 0 radical (unpaired) electrons. The number of methoxy groups -OCH3 is 1. The van der Waals surface area contributed by atoms with Crippen LogP contribution in [-0.2, 0) is 4.74 Å². The van der Waals surface area contributed by atoms with E-state index < -0.39 is 0 Å². The second-order valence-electron chi connectivity index (χ2n) is 3.41. The third-order valence-corrected chi connectivity index (χ3v) is 3.03. The molecule has 0 aliphatic rings. The quantitative estimate of drug-likeness (QED) is 0.366. The lowest BCUT2D eigenvalue weighted by molar-refractivity contribution is 0.189. The maximum Gasteiger partial charge on any atom is 0.0462 e. The molecule has 84 valence electrons. The summed E-state index contributed by atoms with van der Waals surface area (Å²) in [5.74, 6) is 5.53. The first-order valence-electron chi connectivity index (χ1n) is 4.98. The van der Waals surface area contributed by atoms with Crippen LogP contribution in [0.1, 0.15) is 24.4 Å². The van der Waals surface area contributed by atoms with E-state index in [0.717, 1.165) is 19.4 Å². The molecule has 0 spiro atoms. The summed E-state index contributed by atoms with van der Waals surface area (Å²) in [5, 5.41) is 0. The van der Waals surface area contributed by atoms with Crippen LogP contribution in [0.2, 0.25) is 0 Å². The van der Waals surface area contributed by atoms with Crippen molar-refractivity contribution in [1.29, 1.82) is 0 Å². The SMILES string of the molecule is COCCCC(NN)c1ccc(I)cc1. The molecule has 0 bridgehead atoms. The molecule has 1 atom stereocenters. The Balaban J connectivity index is 2.53. The van der Waals surface area contributed by atoms with E-state index in [2.05, 4.69) is 52.3 Å². The number of halogens is 1. The van der Waals surface area contributed by atoms with Crippen molar-refractivity contribution in [2.75, 3.05) is 13.7 Å². The van der Waals surface area contributed by atoms with Gasteiger partial charge in [-0.3, -0.25) is 11.3 Å². The molecule has 0 fully saturated rings. The average Bonchev–Trinajstić information content (AvgIpc) is 2.26. The molecule has 3 N–H and O–H groups in total. The predicted octanol–water partition coefficient (Wildman–Crippen LogP) is 2.22. The Labute approximate surface area is 104 Å². The van der Waals surface area contributed by atoms with E-state index in [1.807, 2.05) is 0 Å². The van der Waals surface area contributed by atoms with Gasteiger partial charge in [-0.05, 0) is 53.1 Å². The first-order valence-corrected chi connectivity index (χ1v) is 6.06. The molecule has 1 aromatic rings. The van der Waals surface area contributed by atoms with Crippen LogP contribution in [0.5, 0.6) is 0 Å². The Kier molecular flexibility index (Phi) is 6.16. The number of rotatable bonds is 6. The summed E-state index contributed by atoms with van der Waals surface area (Å²) in [6.45, 7) is 0.780. The van der Waals surface area contributed by atoms with Crippen LogP contribution in [0.15, 0.2) is 24.3 Å². The van der Waals surface area contributed by atoms with E-state index in [9.17, 15) is 0 Å². The van der Waals surface area contributed by atoms with Crippen molar-refractivity contribution >= 4 is 22.6 Å². The number of hydrogen-bond acceptors (Lipinski definition) is 3. The van der Waals surface area contributed by atoms with Gasteiger partial charge < -0.3 is 4.74 Å². The van der Waals surface area contributed by atoms with Crippen molar-refractivity contribution in [2.24, 2.45) is 5.84 Å². The Morgan fingerprint density at radius 3 is 2.60 bits per heavy atom. The van der Waals surface area contributed by atoms with Crippen molar-refractivity contribution in [3.05, 3.63) is 33.4 Å². The molecule has 1 unspecified atom stereocenters. The standard InChI is InChI=1S/C11H17IN2O/c1-15-8-2-3-11(14-13)9-4-6-10(12)7-5-9/h4-7,11,14H,2-3,8,13H2,1H3. The number of hydrogen-bond donors (Lipinski definition) is 2. The zero-order valence-corrected chi connectivity index (χ0v) is 11.0. The lowest BCUT2D eigenvalue weighted by Crippen LogP contribution is -2.28. The molecule has 0 aliphatic carbocycles. The molecular weight excluding hydrogens is 303 g/mol. The van der Waals surface area contributed by atoms with Crippen molar-refractivity contribution in [2.45, 2.75) is 18.9 Å². The van der Waals surface area contributed by atoms with Gasteiger partial charge in [0, 0.05) is 23.3 Å². The van der Waals surface area contributed by atoms with Gasteiger partial charge in [0.05, 0.1) is 0 Å². The van der Waals surface area contributed by atoms with Crippen LogP contribution >= 0.6 is 22.6 Å². The minimum absolute atomic E-state index is 0.220. The fraction of sp³-hybridized carbons (Fsp3) is 0.455. The van der Waals surface area contributed by atoms with Gasteiger partial charge >= 0.3 is 0 Å². The summed E-state index contributed by atoms with van der Waals surface area (Å²) >= 11 is 2.30. The average molecular weight is 320 g/mol. The molecule has 0 amide bonds. The normalized spacial score (nSPS) is 12.7. The largest absolute Gasteiger partial charge is 0.385 e. The van der Waals surface area contributed by atoms with Crippen LogP contribution in [0.25, 0.3) is 0 Å². The van der Waals surface area contributed by atoms with E-state index in [4.69, 9.17) is 10.6 Å². The number of hydrazine groups is 1. The highest BCUT2D eigenvalue weighted by Crippen LogP contribution is 2.18. The summed E-state index contributed by atoms with van der Waals surface area (Å²) in [7, 11) is 1.72. The highest BCUT2D eigenvalue weighted by atomic mass is 127. The topological polar surface area (TPSA) is 47.3 Å². The van der Waals surface area contributed by atoms with Gasteiger partial charge in [-0.1, -0.05) is 12.1 Å². The van der Waals surface area contributed by atoms with Crippen LogP contribution < -0.4 is 11.3 Å². The summed E-state index contributed by atoms with van der Waals surface area (Å²) < 4.78 is 6.26. The Morgan fingerprint density at radius 1 is 1.40 bits per heavy atom. The number of ether oxygens (including phenoxy) is 1. The molecule has 3 nitrogen and oxygen atoms in total. The van der Waals surface area contributed by atoms with E-state index in [1.165, 1.54) is 9.13 Å². The highest BCUT2D eigenvalue weighted by molar-refractivity contribution is 14.1. The van der Waals surface area contributed by atoms with E-state index >= 15 is 0 Å². The molecule has 1 rings (SSSR count). The smallest absolute Gasteiger partial charge is 0.0462 e. The highest BCUT2D eigenvalue weighted by Gasteiger charge is 2.08. The third kappa shape index (κ3) is 4.46. The fourth-order valence-electron chi connectivity index (χ4n) is 1.47.